The maximum absolute atomic E-state index is 10.7. The number of amides is 1. The van der Waals surface area contributed by atoms with Crippen molar-refractivity contribution in [2.24, 2.45) is 5.73 Å². The molecule has 1 aromatic carbocycles. The van der Waals surface area contributed by atoms with Crippen molar-refractivity contribution < 1.29 is 4.79 Å². The van der Waals surface area contributed by atoms with Crippen LogP contribution in [0.5, 0.6) is 0 Å². The summed E-state index contributed by atoms with van der Waals surface area (Å²) < 4.78 is 0. The van der Waals surface area contributed by atoms with E-state index in [2.05, 4.69) is 4.90 Å². The third-order valence-electron chi connectivity index (χ3n) is 2.72. The number of rotatable bonds is 3. The van der Waals surface area contributed by atoms with Gasteiger partial charge in [0.15, 0.2) is 0 Å². The van der Waals surface area contributed by atoms with Gasteiger partial charge in [0.2, 0.25) is 5.91 Å². The van der Waals surface area contributed by atoms with E-state index in [0.29, 0.717) is 13.0 Å². The van der Waals surface area contributed by atoms with Gasteiger partial charge in [-0.2, -0.15) is 0 Å². The monoisotopic (exact) mass is 205 g/mol. The minimum atomic E-state index is -0.251. The highest BCUT2D eigenvalue weighted by Crippen LogP contribution is 2.29. The van der Waals surface area contributed by atoms with Gasteiger partial charge in [0.25, 0.3) is 0 Å². The third-order valence-corrected chi connectivity index (χ3v) is 2.72. The Labute approximate surface area is 88.9 Å². The molecule has 1 heterocycles. The Morgan fingerprint density at radius 1 is 1.47 bits per heavy atom. The second-order valence-corrected chi connectivity index (χ2v) is 3.84. The van der Waals surface area contributed by atoms with E-state index in [-0.39, 0.29) is 5.91 Å². The van der Waals surface area contributed by atoms with Crippen molar-refractivity contribution >= 4 is 17.3 Å². The van der Waals surface area contributed by atoms with E-state index < -0.39 is 0 Å². The summed E-state index contributed by atoms with van der Waals surface area (Å²) in [5.74, 6) is -0.251. The summed E-state index contributed by atoms with van der Waals surface area (Å²) in [6.45, 7) is 1.65. The number of carbonyl (C=O) groups is 1. The number of nitrogens with two attached hydrogens (primary N) is 2. The molecule has 0 bridgehead atoms. The fraction of sp³-hybridized carbons (Fsp3) is 0.364. The number of nitrogens with zero attached hydrogens (tertiary/aromatic N) is 1. The van der Waals surface area contributed by atoms with Crippen LogP contribution in [0.2, 0.25) is 0 Å². The van der Waals surface area contributed by atoms with Crippen molar-refractivity contribution in [3.63, 3.8) is 0 Å². The summed E-state index contributed by atoms with van der Waals surface area (Å²) in [5, 5.41) is 0. The largest absolute Gasteiger partial charge is 0.399 e. The molecule has 1 aliphatic rings. The molecule has 4 heteroatoms. The first-order valence-electron chi connectivity index (χ1n) is 5.08. The normalized spacial score (nSPS) is 14.0. The van der Waals surface area contributed by atoms with Crippen LogP contribution in [-0.2, 0) is 11.2 Å². The maximum atomic E-state index is 10.7. The van der Waals surface area contributed by atoms with E-state index in [9.17, 15) is 4.79 Å². The quantitative estimate of drug-likeness (QED) is 0.706. The zero-order valence-corrected chi connectivity index (χ0v) is 8.57. The molecule has 80 valence electrons. The van der Waals surface area contributed by atoms with E-state index in [1.54, 1.807) is 0 Å². The van der Waals surface area contributed by atoms with Crippen LogP contribution >= 0.6 is 0 Å². The van der Waals surface area contributed by atoms with Crippen LogP contribution in [0.4, 0.5) is 11.4 Å². The molecule has 2 rings (SSSR count). The van der Waals surface area contributed by atoms with Crippen LogP contribution in [-0.4, -0.2) is 19.0 Å². The van der Waals surface area contributed by atoms with Crippen molar-refractivity contribution in [3.8, 4) is 0 Å². The van der Waals surface area contributed by atoms with Gasteiger partial charge in [0.1, 0.15) is 0 Å². The molecule has 0 radical (unpaired) electrons. The summed E-state index contributed by atoms with van der Waals surface area (Å²) in [4.78, 5) is 12.9. The Hall–Kier alpha value is -1.71. The lowest BCUT2D eigenvalue weighted by Crippen LogP contribution is -2.26. The Morgan fingerprint density at radius 3 is 3.00 bits per heavy atom. The molecule has 1 aliphatic heterocycles. The summed E-state index contributed by atoms with van der Waals surface area (Å²) in [6.07, 6.45) is 1.41. The van der Waals surface area contributed by atoms with E-state index in [1.165, 1.54) is 11.3 Å². The highest BCUT2D eigenvalue weighted by Gasteiger charge is 2.18. The molecule has 0 spiro atoms. The molecule has 0 aromatic heterocycles. The first-order chi connectivity index (χ1) is 7.16. The molecule has 15 heavy (non-hydrogen) atoms. The predicted molar refractivity (Wildman–Crippen MR) is 60.6 cm³/mol. The fourth-order valence-corrected chi connectivity index (χ4v) is 1.97. The zero-order chi connectivity index (χ0) is 10.8. The number of benzene rings is 1. The van der Waals surface area contributed by atoms with Crippen LogP contribution in [0.1, 0.15) is 12.0 Å². The molecule has 0 saturated carbocycles. The van der Waals surface area contributed by atoms with Crippen LogP contribution in [0, 0.1) is 0 Å². The first kappa shape index (κ1) is 9.83. The van der Waals surface area contributed by atoms with Gasteiger partial charge in [-0.1, -0.05) is 0 Å². The van der Waals surface area contributed by atoms with Gasteiger partial charge in [-0.25, -0.2) is 0 Å². The topological polar surface area (TPSA) is 72.4 Å². The number of anilines is 2. The Balaban J connectivity index is 2.11. The molecule has 0 unspecified atom stereocenters. The molecule has 0 atom stereocenters. The lowest BCUT2D eigenvalue weighted by atomic mass is 10.1. The average molecular weight is 205 g/mol. The van der Waals surface area contributed by atoms with Crippen molar-refractivity contribution in [1.82, 2.24) is 0 Å². The van der Waals surface area contributed by atoms with Gasteiger partial charge >= 0.3 is 0 Å². The van der Waals surface area contributed by atoms with Crippen molar-refractivity contribution in [2.45, 2.75) is 12.8 Å². The highest BCUT2D eigenvalue weighted by atomic mass is 16.1. The van der Waals surface area contributed by atoms with Crippen LogP contribution < -0.4 is 16.4 Å². The van der Waals surface area contributed by atoms with E-state index in [0.717, 1.165) is 18.7 Å². The molecule has 0 aliphatic carbocycles. The molecule has 1 amide bonds. The van der Waals surface area contributed by atoms with Gasteiger partial charge < -0.3 is 16.4 Å². The van der Waals surface area contributed by atoms with Gasteiger partial charge in [-0.3, -0.25) is 4.79 Å². The Morgan fingerprint density at radius 2 is 2.27 bits per heavy atom. The Kier molecular flexibility index (Phi) is 2.49. The van der Waals surface area contributed by atoms with Gasteiger partial charge in [0.05, 0.1) is 0 Å². The number of primary amides is 1. The van der Waals surface area contributed by atoms with Gasteiger partial charge in [0, 0.05) is 30.9 Å². The molecule has 4 nitrogen and oxygen atoms in total. The van der Waals surface area contributed by atoms with Crippen molar-refractivity contribution in [3.05, 3.63) is 23.8 Å². The molecule has 4 N–H and O–H groups in total. The summed E-state index contributed by atoms with van der Waals surface area (Å²) in [7, 11) is 0. The van der Waals surface area contributed by atoms with E-state index in [4.69, 9.17) is 11.5 Å². The molecule has 0 saturated heterocycles. The Bertz CT molecular complexity index is 389. The minimum absolute atomic E-state index is 0.251. The fourth-order valence-electron chi connectivity index (χ4n) is 1.97. The number of fused-ring (bicyclic) bond motifs is 1. The van der Waals surface area contributed by atoms with E-state index in [1.807, 2.05) is 18.2 Å². The van der Waals surface area contributed by atoms with Crippen molar-refractivity contribution in [2.75, 3.05) is 23.7 Å². The third kappa shape index (κ3) is 2.03. The maximum Gasteiger partial charge on any atom is 0.219 e. The number of hydrogen-bond acceptors (Lipinski definition) is 3. The molecular formula is C11H15N3O. The number of nitrogen functional groups attached to an aromatic ring is 1. The average Bonchev–Trinajstić information content (AvgIpc) is 2.57. The first-order valence-corrected chi connectivity index (χ1v) is 5.08. The smallest absolute Gasteiger partial charge is 0.219 e. The number of hydrogen-bond donors (Lipinski definition) is 2. The zero-order valence-electron chi connectivity index (χ0n) is 8.57. The summed E-state index contributed by atoms with van der Waals surface area (Å²) in [5.41, 5.74) is 14.1. The minimum Gasteiger partial charge on any atom is -0.399 e. The molecule has 1 aromatic rings. The summed E-state index contributed by atoms with van der Waals surface area (Å²) >= 11 is 0. The van der Waals surface area contributed by atoms with Crippen LogP contribution in [0.3, 0.4) is 0 Å². The second kappa shape index (κ2) is 3.81. The summed E-state index contributed by atoms with van der Waals surface area (Å²) in [6, 6.07) is 5.90. The van der Waals surface area contributed by atoms with Gasteiger partial charge in [-0.05, 0) is 30.2 Å². The lowest BCUT2D eigenvalue weighted by Gasteiger charge is -2.18. The SMILES string of the molecule is NC(=O)CCN1CCc2cc(N)ccc21. The number of carbonyl (C=O) groups excluding carboxylic acids is 1. The van der Waals surface area contributed by atoms with Crippen LogP contribution in [0.15, 0.2) is 18.2 Å². The highest BCUT2D eigenvalue weighted by molar-refractivity contribution is 5.75. The van der Waals surface area contributed by atoms with Crippen LogP contribution in [0.25, 0.3) is 0 Å². The van der Waals surface area contributed by atoms with Gasteiger partial charge in [-0.15, -0.1) is 0 Å². The van der Waals surface area contributed by atoms with E-state index >= 15 is 0 Å². The lowest BCUT2D eigenvalue weighted by molar-refractivity contribution is -0.117. The molecule has 0 fully saturated rings. The standard InChI is InChI=1S/C11H15N3O/c12-9-1-2-10-8(7-9)3-5-14(10)6-4-11(13)15/h1-2,7H,3-6,12H2,(H2,13,15). The molecular weight excluding hydrogens is 190 g/mol. The van der Waals surface area contributed by atoms with Crippen molar-refractivity contribution in [1.29, 1.82) is 0 Å². The predicted octanol–water partition coefficient (Wildman–Crippen LogP) is 0.507. The second-order valence-electron chi connectivity index (χ2n) is 3.84.